The van der Waals surface area contributed by atoms with Crippen molar-refractivity contribution in [2.24, 2.45) is 0 Å². The molecule has 2 aliphatic rings. The second-order valence-corrected chi connectivity index (χ2v) is 8.11. The third-order valence-corrected chi connectivity index (χ3v) is 6.43. The number of hydrogen-bond acceptors (Lipinski definition) is 3. The predicted molar refractivity (Wildman–Crippen MR) is 107 cm³/mol. The number of amides is 1. The number of benzene rings is 2. The fourth-order valence-electron chi connectivity index (χ4n) is 3.83. The summed E-state index contributed by atoms with van der Waals surface area (Å²) >= 11 is 1.73. The van der Waals surface area contributed by atoms with Gasteiger partial charge in [-0.25, -0.2) is 0 Å². The number of anilines is 1. The van der Waals surface area contributed by atoms with Gasteiger partial charge in [0.1, 0.15) is 0 Å². The van der Waals surface area contributed by atoms with Gasteiger partial charge in [-0.05, 0) is 67.9 Å². The third kappa shape index (κ3) is 3.97. The molecule has 1 N–H and O–H groups in total. The van der Waals surface area contributed by atoms with Gasteiger partial charge >= 0.3 is 0 Å². The SMILES string of the molecule is O=C(Nc1cccc2c1CCCC2)c1ccccc1SCC1CCCO1. The zero-order chi connectivity index (χ0) is 17.8. The van der Waals surface area contributed by atoms with Crippen LogP contribution in [0.4, 0.5) is 5.69 Å². The molecule has 3 nitrogen and oxygen atoms in total. The number of carbonyl (C=O) groups excluding carboxylic acids is 1. The Hall–Kier alpha value is -1.78. The first-order valence-electron chi connectivity index (χ1n) is 9.57. The molecule has 26 heavy (non-hydrogen) atoms. The average Bonchev–Trinajstić information content (AvgIpc) is 3.20. The van der Waals surface area contributed by atoms with E-state index >= 15 is 0 Å². The zero-order valence-electron chi connectivity index (χ0n) is 15.0. The molecule has 1 aliphatic heterocycles. The summed E-state index contributed by atoms with van der Waals surface area (Å²) in [6.45, 7) is 0.868. The summed E-state index contributed by atoms with van der Waals surface area (Å²) in [5, 5.41) is 3.17. The molecule has 2 aromatic rings. The zero-order valence-corrected chi connectivity index (χ0v) is 15.8. The number of rotatable bonds is 5. The summed E-state index contributed by atoms with van der Waals surface area (Å²) in [6, 6.07) is 14.2. The van der Waals surface area contributed by atoms with Crippen LogP contribution in [0.3, 0.4) is 0 Å². The van der Waals surface area contributed by atoms with E-state index in [4.69, 9.17) is 4.74 Å². The predicted octanol–water partition coefficient (Wildman–Crippen LogP) is 5.09. The van der Waals surface area contributed by atoms with Crippen molar-refractivity contribution in [1.82, 2.24) is 0 Å². The first-order chi connectivity index (χ1) is 12.8. The van der Waals surface area contributed by atoms with Crippen LogP contribution in [-0.2, 0) is 17.6 Å². The van der Waals surface area contributed by atoms with Crippen molar-refractivity contribution in [1.29, 1.82) is 0 Å². The van der Waals surface area contributed by atoms with Crippen molar-refractivity contribution in [3.63, 3.8) is 0 Å². The molecular formula is C22H25NO2S. The molecule has 1 saturated heterocycles. The Morgan fingerprint density at radius 2 is 1.96 bits per heavy atom. The van der Waals surface area contributed by atoms with E-state index in [2.05, 4.69) is 17.4 Å². The van der Waals surface area contributed by atoms with Gasteiger partial charge in [-0.3, -0.25) is 4.79 Å². The van der Waals surface area contributed by atoms with Gasteiger partial charge in [0.15, 0.2) is 0 Å². The van der Waals surface area contributed by atoms with Gasteiger partial charge in [-0.1, -0.05) is 24.3 Å². The van der Waals surface area contributed by atoms with Crippen LogP contribution in [0.15, 0.2) is 47.4 Å². The number of aryl methyl sites for hydroxylation is 1. The van der Waals surface area contributed by atoms with Crippen molar-refractivity contribution in [2.45, 2.75) is 49.5 Å². The number of ether oxygens (including phenoxy) is 1. The lowest BCUT2D eigenvalue weighted by molar-refractivity contribution is 0.102. The molecule has 0 saturated carbocycles. The van der Waals surface area contributed by atoms with Crippen LogP contribution >= 0.6 is 11.8 Å². The molecule has 0 aromatic heterocycles. The van der Waals surface area contributed by atoms with Gasteiger partial charge in [0.25, 0.3) is 5.91 Å². The third-order valence-electron chi connectivity index (χ3n) is 5.22. The minimum absolute atomic E-state index is 0.0144. The van der Waals surface area contributed by atoms with E-state index in [1.54, 1.807) is 11.8 Å². The summed E-state index contributed by atoms with van der Waals surface area (Å²) in [4.78, 5) is 14.0. The lowest BCUT2D eigenvalue weighted by Crippen LogP contribution is -2.16. The topological polar surface area (TPSA) is 38.3 Å². The lowest BCUT2D eigenvalue weighted by Gasteiger charge is -2.20. The molecule has 1 amide bonds. The van der Waals surface area contributed by atoms with E-state index in [-0.39, 0.29) is 5.91 Å². The molecule has 1 unspecified atom stereocenters. The standard InChI is InChI=1S/C22H25NO2S/c24-22(23-20-12-5-8-16-7-1-2-10-18(16)20)19-11-3-4-13-21(19)26-15-17-9-6-14-25-17/h3-5,8,11-13,17H,1-2,6-7,9-10,14-15H2,(H,23,24). The Kier molecular flexibility index (Phi) is 5.61. The van der Waals surface area contributed by atoms with E-state index in [1.807, 2.05) is 30.3 Å². The van der Waals surface area contributed by atoms with Crippen molar-refractivity contribution >= 4 is 23.4 Å². The average molecular weight is 368 g/mol. The highest BCUT2D eigenvalue weighted by molar-refractivity contribution is 7.99. The van der Waals surface area contributed by atoms with Crippen LogP contribution in [0, 0.1) is 0 Å². The number of carbonyl (C=O) groups is 1. The van der Waals surface area contributed by atoms with Crippen molar-refractivity contribution in [3.05, 3.63) is 59.2 Å². The first-order valence-corrected chi connectivity index (χ1v) is 10.6. The van der Waals surface area contributed by atoms with E-state index in [0.29, 0.717) is 6.10 Å². The lowest BCUT2D eigenvalue weighted by atomic mass is 9.90. The fraction of sp³-hybridized carbons (Fsp3) is 0.409. The smallest absolute Gasteiger partial charge is 0.256 e. The normalized spacial score (nSPS) is 19.2. The molecule has 0 bridgehead atoms. The largest absolute Gasteiger partial charge is 0.377 e. The van der Waals surface area contributed by atoms with Crippen LogP contribution < -0.4 is 5.32 Å². The maximum Gasteiger partial charge on any atom is 0.256 e. The van der Waals surface area contributed by atoms with Gasteiger partial charge in [0.2, 0.25) is 0 Å². The maximum absolute atomic E-state index is 13.0. The molecule has 0 spiro atoms. The molecule has 1 atom stereocenters. The van der Waals surface area contributed by atoms with Gasteiger partial charge in [-0.15, -0.1) is 11.8 Å². The molecule has 1 aliphatic carbocycles. The van der Waals surface area contributed by atoms with Crippen LogP contribution in [0.25, 0.3) is 0 Å². The van der Waals surface area contributed by atoms with Crippen LogP contribution in [-0.4, -0.2) is 24.4 Å². The summed E-state index contributed by atoms with van der Waals surface area (Å²) in [7, 11) is 0. The molecule has 2 aromatic carbocycles. The molecule has 0 radical (unpaired) electrons. The minimum atomic E-state index is -0.0144. The van der Waals surface area contributed by atoms with Crippen LogP contribution in [0.5, 0.6) is 0 Å². The van der Waals surface area contributed by atoms with Gasteiger partial charge < -0.3 is 10.1 Å². The van der Waals surface area contributed by atoms with E-state index in [9.17, 15) is 4.79 Å². The molecule has 1 heterocycles. The van der Waals surface area contributed by atoms with E-state index in [0.717, 1.165) is 54.2 Å². The van der Waals surface area contributed by atoms with E-state index < -0.39 is 0 Å². The Morgan fingerprint density at radius 3 is 2.85 bits per heavy atom. The molecule has 1 fully saturated rings. The van der Waals surface area contributed by atoms with Gasteiger partial charge in [0, 0.05) is 22.9 Å². The van der Waals surface area contributed by atoms with Crippen molar-refractivity contribution in [3.8, 4) is 0 Å². The summed E-state index contributed by atoms with van der Waals surface area (Å²) in [6.07, 6.45) is 7.20. The number of hydrogen-bond donors (Lipinski definition) is 1. The number of thioether (sulfide) groups is 1. The van der Waals surface area contributed by atoms with E-state index in [1.165, 1.54) is 24.0 Å². The summed E-state index contributed by atoms with van der Waals surface area (Å²) < 4.78 is 5.71. The molecule has 4 heteroatoms. The maximum atomic E-state index is 13.0. The van der Waals surface area contributed by atoms with Crippen LogP contribution in [0.1, 0.15) is 47.2 Å². The summed E-state index contributed by atoms with van der Waals surface area (Å²) in [5.74, 6) is 0.893. The van der Waals surface area contributed by atoms with Crippen LogP contribution in [0.2, 0.25) is 0 Å². The Labute approximate surface area is 159 Å². The highest BCUT2D eigenvalue weighted by atomic mass is 32.2. The summed E-state index contributed by atoms with van der Waals surface area (Å²) in [5.41, 5.74) is 4.43. The Balaban J connectivity index is 1.50. The monoisotopic (exact) mass is 367 g/mol. The Bertz CT molecular complexity index is 783. The second kappa shape index (κ2) is 8.28. The highest BCUT2D eigenvalue weighted by Gasteiger charge is 2.19. The molecular weight excluding hydrogens is 342 g/mol. The second-order valence-electron chi connectivity index (χ2n) is 7.05. The molecule has 4 rings (SSSR count). The van der Waals surface area contributed by atoms with Gasteiger partial charge in [-0.2, -0.15) is 0 Å². The fourth-order valence-corrected chi connectivity index (χ4v) is 4.95. The Morgan fingerprint density at radius 1 is 1.08 bits per heavy atom. The first kappa shape index (κ1) is 17.6. The van der Waals surface area contributed by atoms with Crippen molar-refractivity contribution in [2.75, 3.05) is 17.7 Å². The molecule has 136 valence electrons. The number of nitrogens with one attached hydrogen (secondary N) is 1. The quantitative estimate of drug-likeness (QED) is 0.748. The highest BCUT2D eigenvalue weighted by Crippen LogP contribution is 2.30. The number of fused-ring (bicyclic) bond motifs is 1. The minimum Gasteiger partial charge on any atom is -0.377 e. The van der Waals surface area contributed by atoms with Crippen molar-refractivity contribution < 1.29 is 9.53 Å². The van der Waals surface area contributed by atoms with Gasteiger partial charge in [0.05, 0.1) is 11.7 Å².